The molecule has 4 heterocycles. The molecule has 1 amide bonds. The highest BCUT2D eigenvalue weighted by molar-refractivity contribution is 6.63. The average Bonchev–Trinajstić information content (AvgIpc) is 3.61. The van der Waals surface area contributed by atoms with E-state index in [-0.39, 0.29) is 13.3 Å². The van der Waals surface area contributed by atoms with Crippen molar-refractivity contribution in [2.75, 3.05) is 33.1 Å². The third-order valence-corrected chi connectivity index (χ3v) is 4.86. The highest BCUT2D eigenvalue weighted by Gasteiger charge is 2.15. The molecule has 0 aliphatic carbocycles. The van der Waals surface area contributed by atoms with Crippen molar-refractivity contribution in [2.45, 2.75) is 11.7 Å². The number of hydrogen-bond acceptors (Lipinski definition) is 8. The van der Waals surface area contributed by atoms with Gasteiger partial charge in [-0.05, 0) is 36.4 Å². The van der Waals surface area contributed by atoms with E-state index < -0.39 is 4.30 Å². The van der Waals surface area contributed by atoms with E-state index in [1.165, 1.54) is 6.20 Å². The van der Waals surface area contributed by atoms with Crippen LogP contribution in [0.2, 0.25) is 0 Å². The molecule has 12 nitrogen and oxygen atoms in total. The maximum atomic E-state index is 12.3. The number of H-pyrrole nitrogens is 1. The van der Waals surface area contributed by atoms with Crippen molar-refractivity contribution in [3.63, 3.8) is 0 Å². The van der Waals surface area contributed by atoms with Crippen LogP contribution in [0.15, 0.2) is 78.3 Å². The zero-order chi connectivity index (χ0) is 29.1. The molecule has 0 saturated heterocycles. The first-order valence-corrected chi connectivity index (χ1v) is 12.9. The van der Waals surface area contributed by atoms with Gasteiger partial charge in [0.2, 0.25) is 11.9 Å². The number of alkyl halides is 3. The van der Waals surface area contributed by atoms with E-state index in [0.29, 0.717) is 17.5 Å². The minimum absolute atomic E-state index is 0. The van der Waals surface area contributed by atoms with E-state index >= 15 is 0 Å². The Labute approximate surface area is 253 Å². The number of nitrogens with one attached hydrogen (secondary N) is 1. The van der Waals surface area contributed by atoms with Crippen molar-refractivity contribution in [1.29, 1.82) is 0 Å². The molecule has 0 saturated carbocycles. The number of hydrogen-bond donors (Lipinski definition) is 1. The Hall–Kier alpha value is -4.13. The molecule has 1 N–H and O–H groups in total. The van der Waals surface area contributed by atoms with Crippen LogP contribution in [-0.4, -0.2) is 89.4 Å². The van der Waals surface area contributed by atoms with Gasteiger partial charge in [-0.25, -0.2) is 0 Å². The van der Waals surface area contributed by atoms with Crippen LogP contribution in [0.3, 0.4) is 0 Å². The fourth-order valence-electron chi connectivity index (χ4n) is 3.08. The minimum Gasteiger partial charge on any atom is -0.347 e. The first kappa shape index (κ1) is 33.1. The second kappa shape index (κ2) is 16.2. The van der Waals surface area contributed by atoms with Gasteiger partial charge in [-0.3, -0.25) is 19.9 Å². The highest BCUT2D eigenvalue weighted by Crippen LogP contribution is 2.14. The number of pyridine rings is 2. The molecule has 0 aliphatic rings. The molecule has 4 aromatic heterocycles. The van der Waals surface area contributed by atoms with Crippen LogP contribution in [0.25, 0.3) is 22.4 Å². The summed E-state index contributed by atoms with van der Waals surface area (Å²) in [6.07, 6.45) is 6.57. The largest absolute Gasteiger partial charge is 0.347 e. The number of amides is 1. The van der Waals surface area contributed by atoms with Crippen molar-refractivity contribution in [3.05, 3.63) is 78.9 Å². The predicted octanol–water partition coefficient (Wildman–Crippen LogP) is 4.99. The molecule has 0 spiro atoms. The Kier molecular flexibility index (Phi) is 13.1. The third kappa shape index (κ3) is 9.78. The number of anilines is 1. The molecule has 15 heteroatoms. The molecule has 0 fully saturated rings. The zero-order valence-electron chi connectivity index (χ0n) is 22.0. The fraction of sp³-hybridized carbons (Fsp3) is 0.231. The van der Waals surface area contributed by atoms with E-state index in [1.807, 2.05) is 55.4 Å². The van der Waals surface area contributed by atoms with Crippen molar-refractivity contribution >= 4 is 63.7 Å². The number of para-hydroxylation sites is 1. The summed E-state index contributed by atoms with van der Waals surface area (Å²) in [7, 11) is 7.39. The van der Waals surface area contributed by atoms with Crippen molar-refractivity contribution in [3.8, 4) is 11.4 Å². The zero-order valence-corrected chi connectivity index (χ0v) is 24.3. The summed E-state index contributed by atoms with van der Waals surface area (Å²) < 4.78 is 0.795. The first-order valence-electron chi connectivity index (χ1n) is 11.6. The lowest BCUT2D eigenvalue weighted by molar-refractivity contribution is 0.100. The lowest BCUT2D eigenvalue weighted by Crippen LogP contribution is -2.31. The molecule has 5 rings (SSSR count). The molecule has 41 heavy (non-hydrogen) atoms. The van der Waals surface area contributed by atoms with Gasteiger partial charge in [0, 0.05) is 58.5 Å². The predicted molar refractivity (Wildman–Crippen MR) is 165 cm³/mol. The Morgan fingerprint density at radius 3 is 2.17 bits per heavy atom. The number of fused-ring (bicyclic) bond motifs is 1. The summed E-state index contributed by atoms with van der Waals surface area (Å²) in [4.78, 5) is 32.2. The summed E-state index contributed by atoms with van der Waals surface area (Å²) in [5, 5.41) is 15.1. The molecule has 1 aromatic carbocycles. The van der Waals surface area contributed by atoms with Crippen molar-refractivity contribution in [1.82, 2.24) is 45.0 Å². The van der Waals surface area contributed by atoms with Crippen LogP contribution in [0.4, 0.5) is 5.95 Å². The minimum atomic E-state index is -0.750. The number of aromatic nitrogens is 8. The molecule has 216 valence electrons. The number of nitrogens with zero attached hydrogens (tertiary/aromatic N) is 10. The topological polar surface area (TPSA) is 134 Å². The van der Waals surface area contributed by atoms with Gasteiger partial charge in [0.05, 0.1) is 11.1 Å². The molecule has 0 bridgehead atoms. The molecular formula is C26H30Cl3N11O. The van der Waals surface area contributed by atoms with Gasteiger partial charge in [0.15, 0.2) is 10.1 Å². The van der Waals surface area contributed by atoms with Gasteiger partial charge in [-0.1, -0.05) is 59.6 Å². The number of aliphatic imine (C=N–C) groups is 1. The first-order chi connectivity index (χ1) is 19.2. The third-order valence-electron chi connectivity index (χ3n) is 4.86. The number of halogens is 3. The number of benzene rings is 1. The van der Waals surface area contributed by atoms with Gasteiger partial charge in [0.25, 0.3) is 5.91 Å². The van der Waals surface area contributed by atoms with Crippen LogP contribution in [0.5, 0.6) is 0 Å². The maximum absolute atomic E-state index is 12.3. The maximum Gasteiger partial charge on any atom is 0.281 e. The smallest absolute Gasteiger partial charge is 0.281 e. The summed E-state index contributed by atoms with van der Waals surface area (Å²) in [5.41, 5.74) is 2.89. The second-order valence-electron chi connectivity index (χ2n) is 8.21. The number of aromatic amines is 1. The Balaban J connectivity index is 0.000000266. The Morgan fingerprint density at radius 2 is 1.61 bits per heavy atom. The summed E-state index contributed by atoms with van der Waals surface area (Å²) >= 11 is 14.4. The normalized spacial score (nSPS) is 10.6. The van der Waals surface area contributed by atoms with E-state index in [9.17, 15) is 4.79 Å². The number of rotatable bonds is 3. The lowest BCUT2D eigenvalue weighted by Gasteiger charge is -2.15. The van der Waals surface area contributed by atoms with E-state index in [0.717, 1.165) is 22.4 Å². The van der Waals surface area contributed by atoms with Crippen LogP contribution in [-0.2, 0) is 0 Å². The van der Waals surface area contributed by atoms with Crippen LogP contribution < -0.4 is 4.90 Å². The second-order valence-corrected chi connectivity index (χ2v) is 10.2. The van der Waals surface area contributed by atoms with Gasteiger partial charge in [0.1, 0.15) is 5.52 Å². The highest BCUT2D eigenvalue weighted by atomic mass is 35.6. The molecule has 0 unspecified atom stereocenters. The van der Waals surface area contributed by atoms with Crippen molar-refractivity contribution in [2.24, 2.45) is 4.99 Å². The van der Waals surface area contributed by atoms with E-state index in [2.05, 4.69) is 40.5 Å². The lowest BCUT2D eigenvalue weighted by atomic mass is 10.3. The van der Waals surface area contributed by atoms with Crippen LogP contribution >= 0.6 is 34.8 Å². The van der Waals surface area contributed by atoms with Gasteiger partial charge in [-0.2, -0.15) is 14.7 Å². The quantitative estimate of drug-likeness (QED) is 0.169. The molecule has 5 aromatic rings. The monoisotopic (exact) mass is 617 g/mol. The van der Waals surface area contributed by atoms with Crippen LogP contribution in [0.1, 0.15) is 17.8 Å². The fourth-order valence-corrected chi connectivity index (χ4v) is 3.08. The molecule has 0 atom stereocenters. The summed E-state index contributed by atoms with van der Waals surface area (Å²) in [5.74, 6) is 1.42. The number of carbonyl (C=O) groups excluding carboxylic acids is 1. The molecular weight excluding hydrogens is 589 g/mol. The Bertz CT molecular complexity index is 1520. The Morgan fingerprint density at radius 1 is 0.951 bits per heavy atom. The molecule has 0 radical (unpaired) electrons. The van der Waals surface area contributed by atoms with E-state index in [4.69, 9.17) is 34.8 Å². The van der Waals surface area contributed by atoms with Crippen LogP contribution in [0, 0.1) is 0 Å². The summed E-state index contributed by atoms with van der Waals surface area (Å²) in [6.45, 7) is 0. The van der Waals surface area contributed by atoms with Gasteiger partial charge in [-0.15, -0.1) is 10.2 Å². The van der Waals surface area contributed by atoms with E-state index in [1.54, 1.807) is 54.4 Å². The average molecular weight is 619 g/mol. The van der Waals surface area contributed by atoms with Gasteiger partial charge < -0.3 is 9.80 Å². The molecule has 0 aliphatic heterocycles. The van der Waals surface area contributed by atoms with Gasteiger partial charge >= 0.3 is 0 Å². The summed E-state index contributed by atoms with van der Waals surface area (Å²) in [6, 6.07) is 14.7. The standard InChI is InChI=1S/C15H14N6O.C9H11N5.CHCl3.CH4/c1-20(2)15(17-14(22)11-6-5-9-16-10-11)21-13-8-4-3-7-12(13)18-19-21;1-14(2)9-11-8(12-13-9)7-4-3-5-10-6-7;2-1(3)4;/h3-10H,1-2H3;3-6H,1-2H3,(H,11,12,13);1H;1H4. The number of carbonyl (C=O) groups is 1. The van der Waals surface area contributed by atoms with Crippen molar-refractivity contribution < 1.29 is 4.79 Å². The SMILES string of the molecule is C.CN(C)C(=NC(=O)c1cccnc1)n1nnc2ccccc21.CN(C)c1n[nH]c(-c2cccnc2)n1.ClC(Cl)Cl.